The highest BCUT2D eigenvalue weighted by Gasteiger charge is 2.14. The molecule has 0 bridgehead atoms. The van der Waals surface area contributed by atoms with Gasteiger partial charge in [-0.3, -0.25) is 10.1 Å². The second-order valence-corrected chi connectivity index (χ2v) is 5.38. The van der Waals surface area contributed by atoms with Crippen LogP contribution in [0, 0.1) is 24.0 Å². The van der Waals surface area contributed by atoms with E-state index in [4.69, 9.17) is 11.6 Å². The molecule has 0 amide bonds. The van der Waals surface area contributed by atoms with Crippen molar-refractivity contribution in [3.05, 3.63) is 63.2 Å². The van der Waals surface area contributed by atoms with Crippen LogP contribution in [0.2, 0.25) is 0 Å². The maximum Gasteiger partial charge on any atom is 0.269 e. The highest BCUT2D eigenvalue weighted by atomic mass is 35.5. The third-order valence-corrected chi connectivity index (χ3v) is 3.66. The van der Waals surface area contributed by atoms with E-state index in [0.29, 0.717) is 0 Å². The van der Waals surface area contributed by atoms with Crippen LogP contribution in [0.15, 0.2) is 36.4 Å². The van der Waals surface area contributed by atoms with Gasteiger partial charge >= 0.3 is 0 Å². The largest absolute Gasteiger partial charge is 0.344 e. The first-order valence-electron chi connectivity index (χ1n) is 6.57. The monoisotopic (exact) mass is 304 g/mol. The fourth-order valence-electron chi connectivity index (χ4n) is 2.40. The Balaban J connectivity index is 2.47. The average Bonchev–Trinajstić information content (AvgIpc) is 2.44. The van der Waals surface area contributed by atoms with Gasteiger partial charge in [0, 0.05) is 36.4 Å². The van der Waals surface area contributed by atoms with Gasteiger partial charge in [0.25, 0.3) is 5.69 Å². The summed E-state index contributed by atoms with van der Waals surface area (Å²) in [4.78, 5) is 12.5. The van der Waals surface area contributed by atoms with Crippen LogP contribution in [-0.2, 0) is 5.88 Å². The number of hydrogen-bond acceptors (Lipinski definition) is 3. The summed E-state index contributed by atoms with van der Waals surface area (Å²) in [6, 6.07) is 11.0. The van der Waals surface area contributed by atoms with E-state index in [9.17, 15) is 10.1 Å². The molecule has 0 aliphatic carbocycles. The van der Waals surface area contributed by atoms with E-state index in [-0.39, 0.29) is 11.6 Å². The minimum atomic E-state index is -0.406. The molecule has 0 fully saturated rings. The van der Waals surface area contributed by atoms with Crippen molar-refractivity contribution in [2.45, 2.75) is 19.7 Å². The molecule has 0 radical (unpaired) electrons. The molecule has 0 saturated carbocycles. The lowest BCUT2D eigenvalue weighted by Crippen LogP contribution is -2.12. The Bertz CT molecular complexity index is 666. The Kier molecular flexibility index (Phi) is 4.48. The van der Waals surface area contributed by atoms with Crippen LogP contribution in [0.3, 0.4) is 0 Å². The number of hydrogen-bond donors (Lipinski definition) is 0. The van der Waals surface area contributed by atoms with Gasteiger partial charge in [0.2, 0.25) is 0 Å². The van der Waals surface area contributed by atoms with Crippen molar-refractivity contribution in [1.29, 1.82) is 0 Å². The highest BCUT2D eigenvalue weighted by Crippen LogP contribution is 2.31. The zero-order chi connectivity index (χ0) is 15.6. The number of alkyl halides is 1. The standard InChI is InChI=1S/C16H17ClN2O2/c1-11-6-12(2)8-15(7-11)18(3)16-5-4-14(19(20)21)9-13(16)10-17/h4-9H,10H2,1-3H3. The Morgan fingerprint density at radius 1 is 1.14 bits per heavy atom. The van der Waals surface area contributed by atoms with Gasteiger partial charge in [-0.1, -0.05) is 6.07 Å². The zero-order valence-electron chi connectivity index (χ0n) is 12.3. The molecule has 110 valence electrons. The summed E-state index contributed by atoms with van der Waals surface area (Å²) < 4.78 is 0. The topological polar surface area (TPSA) is 46.4 Å². The molecule has 0 heterocycles. The molecule has 2 aromatic rings. The molecular weight excluding hydrogens is 288 g/mol. The van der Waals surface area contributed by atoms with Crippen LogP contribution in [0.5, 0.6) is 0 Å². The number of aryl methyl sites for hydroxylation is 2. The molecular formula is C16H17ClN2O2. The number of benzene rings is 2. The quantitative estimate of drug-likeness (QED) is 0.466. The summed E-state index contributed by atoms with van der Waals surface area (Å²) in [5, 5.41) is 10.9. The third kappa shape index (κ3) is 3.34. The average molecular weight is 305 g/mol. The summed E-state index contributed by atoms with van der Waals surface area (Å²) in [5.41, 5.74) is 5.06. The molecule has 2 rings (SSSR count). The third-order valence-electron chi connectivity index (χ3n) is 3.37. The van der Waals surface area contributed by atoms with E-state index < -0.39 is 4.92 Å². The van der Waals surface area contributed by atoms with Gasteiger partial charge in [0.15, 0.2) is 0 Å². The maximum absolute atomic E-state index is 10.9. The van der Waals surface area contributed by atoms with Crippen molar-refractivity contribution in [1.82, 2.24) is 0 Å². The van der Waals surface area contributed by atoms with E-state index in [1.54, 1.807) is 6.07 Å². The van der Waals surface area contributed by atoms with Crippen LogP contribution < -0.4 is 4.90 Å². The molecule has 0 N–H and O–H groups in total. The minimum absolute atomic E-state index is 0.0585. The second-order valence-electron chi connectivity index (χ2n) is 5.11. The van der Waals surface area contributed by atoms with Crippen molar-refractivity contribution in [3.63, 3.8) is 0 Å². The number of halogens is 1. The Morgan fingerprint density at radius 2 is 1.76 bits per heavy atom. The van der Waals surface area contributed by atoms with Crippen LogP contribution >= 0.6 is 11.6 Å². The Labute approximate surface area is 129 Å². The molecule has 0 aromatic heterocycles. The van der Waals surface area contributed by atoms with Crippen molar-refractivity contribution < 1.29 is 4.92 Å². The van der Waals surface area contributed by atoms with E-state index in [2.05, 4.69) is 18.2 Å². The molecule has 2 aromatic carbocycles. The molecule has 0 unspecified atom stereocenters. The fourth-order valence-corrected chi connectivity index (χ4v) is 2.62. The predicted octanol–water partition coefficient (Wildman–Crippen LogP) is 4.72. The van der Waals surface area contributed by atoms with Gasteiger partial charge in [-0.15, -0.1) is 11.6 Å². The Morgan fingerprint density at radius 3 is 2.29 bits per heavy atom. The molecule has 5 heteroatoms. The van der Waals surface area contributed by atoms with Gasteiger partial charge < -0.3 is 4.90 Å². The summed E-state index contributed by atoms with van der Waals surface area (Å²) in [6.45, 7) is 4.09. The number of anilines is 2. The van der Waals surface area contributed by atoms with Crippen LogP contribution in [0.1, 0.15) is 16.7 Å². The first kappa shape index (κ1) is 15.3. The van der Waals surface area contributed by atoms with Crippen molar-refractivity contribution in [2.75, 3.05) is 11.9 Å². The second kappa shape index (κ2) is 6.14. The first-order valence-corrected chi connectivity index (χ1v) is 7.11. The van der Waals surface area contributed by atoms with Crippen molar-refractivity contribution in [3.8, 4) is 0 Å². The van der Waals surface area contributed by atoms with E-state index >= 15 is 0 Å². The maximum atomic E-state index is 10.9. The summed E-state index contributed by atoms with van der Waals surface area (Å²) >= 11 is 5.95. The molecule has 0 spiro atoms. The lowest BCUT2D eigenvalue weighted by atomic mass is 10.1. The van der Waals surface area contributed by atoms with Crippen molar-refractivity contribution >= 4 is 28.7 Å². The van der Waals surface area contributed by atoms with Gasteiger partial charge in [0.1, 0.15) is 0 Å². The molecule has 0 atom stereocenters. The number of rotatable bonds is 4. The molecule has 21 heavy (non-hydrogen) atoms. The SMILES string of the molecule is Cc1cc(C)cc(N(C)c2ccc([N+](=O)[O-])cc2CCl)c1. The van der Waals surface area contributed by atoms with E-state index in [0.717, 1.165) is 16.9 Å². The van der Waals surface area contributed by atoms with E-state index in [1.807, 2.05) is 25.8 Å². The lowest BCUT2D eigenvalue weighted by molar-refractivity contribution is -0.384. The van der Waals surface area contributed by atoms with Crippen LogP contribution in [-0.4, -0.2) is 12.0 Å². The van der Waals surface area contributed by atoms with Crippen LogP contribution in [0.4, 0.5) is 17.1 Å². The lowest BCUT2D eigenvalue weighted by Gasteiger charge is -2.23. The zero-order valence-corrected chi connectivity index (χ0v) is 13.0. The number of nitrogens with zero attached hydrogens (tertiary/aromatic N) is 2. The predicted molar refractivity (Wildman–Crippen MR) is 86.6 cm³/mol. The Hall–Kier alpha value is -2.07. The number of nitro benzene ring substituents is 1. The van der Waals surface area contributed by atoms with Crippen LogP contribution in [0.25, 0.3) is 0 Å². The van der Waals surface area contributed by atoms with Gasteiger partial charge in [-0.25, -0.2) is 0 Å². The molecule has 4 nitrogen and oxygen atoms in total. The number of non-ortho nitro benzene ring substituents is 1. The molecule has 0 aliphatic rings. The van der Waals surface area contributed by atoms with Crippen molar-refractivity contribution in [2.24, 2.45) is 0 Å². The summed E-state index contributed by atoms with van der Waals surface area (Å²) in [5.74, 6) is 0.228. The highest BCUT2D eigenvalue weighted by molar-refractivity contribution is 6.17. The number of nitro groups is 1. The normalized spacial score (nSPS) is 10.5. The van der Waals surface area contributed by atoms with Gasteiger partial charge in [0.05, 0.1) is 4.92 Å². The van der Waals surface area contributed by atoms with E-state index in [1.165, 1.54) is 23.3 Å². The smallest absolute Gasteiger partial charge is 0.269 e. The molecule has 0 aliphatic heterocycles. The fraction of sp³-hybridized carbons (Fsp3) is 0.250. The molecule has 0 saturated heterocycles. The summed E-state index contributed by atoms with van der Waals surface area (Å²) in [6.07, 6.45) is 0. The van der Waals surface area contributed by atoms with Gasteiger partial charge in [-0.05, 0) is 48.7 Å². The first-order chi connectivity index (χ1) is 9.92. The minimum Gasteiger partial charge on any atom is -0.344 e. The van der Waals surface area contributed by atoms with Gasteiger partial charge in [-0.2, -0.15) is 0 Å². The summed E-state index contributed by atoms with van der Waals surface area (Å²) in [7, 11) is 1.94.